The summed E-state index contributed by atoms with van der Waals surface area (Å²) in [7, 11) is -9.33. The summed E-state index contributed by atoms with van der Waals surface area (Å²) in [6, 6.07) is 15.2. The molecule has 27 nitrogen and oxygen atoms in total. The fourth-order valence-electron chi connectivity index (χ4n) is 13.7. The first-order valence-electron chi connectivity index (χ1n) is 33.0. The molecule has 0 unspecified atom stereocenters. The fraction of sp³-hybridized carbons (Fsp3) is 0.485. The average molecular weight is 1420 g/mol. The Balaban J connectivity index is 0.000000318. The number of piperidine rings is 1. The Morgan fingerprint density at radius 3 is 2.07 bits per heavy atom. The van der Waals surface area contributed by atoms with Crippen LogP contribution in [0.2, 0.25) is 0 Å². The number of amidine groups is 1. The molecule has 98 heavy (non-hydrogen) atoms. The predicted molar refractivity (Wildman–Crippen MR) is 371 cm³/mol. The summed E-state index contributed by atoms with van der Waals surface area (Å²) in [5.74, 6) is -5.42. The summed E-state index contributed by atoms with van der Waals surface area (Å²) < 4.78 is 93.3. The Kier molecular flexibility index (Phi) is 27.8. The molecule has 30 heteroatoms. The van der Waals surface area contributed by atoms with Crippen molar-refractivity contribution >= 4 is 117 Å². The van der Waals surface area contributed by atoms with Gasteiger partial charge in [0.1, 0.15) is 35.6 Å². The maximum absolute atomic E-state index is 13.8. The zero-order valence-corrected chi connectivity index (χ0v) is 59.3. The molecule has 2 bridgehead atoms. The average Bonchev–Trinajstić information content (AvgIpc) is 1.59. The van der Waals surface area contributed by atoms with E-state index in [0.29, 0.717) is 43.4 Å². The van der Waals surface area contributed by atoms with Crippen molar-refractivity contribution in [3.8, 4) is 0 Å². The van der Waals surface area contributed by atoms with Gasteiger partial charge in [-0.2, -0.15) is 13.0 Å². The van der Waals surface area contributed by atoms with Crippen molar-refractivity contribution in [3.63, 3.8) is 0 Å². The molecule has 0 spiro atoms. The fourth-order valence-corrected chi connectivity index (χ4v) is 14.4. The Morgan fingerprint density at radius 1 is 0.796 bits per heavy atom. The monoisotopic (exact) mass is 1420 g/mol. The number of nitrogens with one attached hydrogen (secondary N) is 5. The number of rotatable bonds is 18. The number of carboxylic acid groups (broad SMARTS) is 1. The van der Waals surface area contributed by atoms with Crippen molar-refractivity contribution < 1.29 is 82.8 Å². The van der Waals surface area contributed by atoms with Crippen molar-refractivity contribution in [2.24, 2.45) is 16.6 Å². The summed E-state index contributed by atoms with van der Waals surface area (Å²) in [5.41, 5.74) is 13.7. The zero-order chi connectivity index (χ0) is 73.9. The molecule has 5 aliphatic rings. The van der Waals surface area contributed by atoms with E-state index in [-0.39, 0.29) is 40.6 Å². The van der Waals surface area contributed by atoms with Gasteiger partial charge in [-0.3, -0.25) is 43.1 Å². The van der Waals surface area contributed by atoms with Crippen LogP contribution in [0, 0.1) is 12.8 Å². The van der Waals surface area contributed by atoms with Crippen LogP contribution in [-0.2, 0) is 75.7 Å². The number of aliphatic carboxylic acids is 1. The minimum absolute atomic E-state index is 0.0469. The van der Waals surface area contributed by atoms with E-state index in [1.54, 1.807) is 13.0 Å². The van der Waals surface area contributed by atoms with Gasteiger partial charge in [0.15, 0.2) is 5.71 Å². The van der Waals surface area contributed by atoms with Gasteiger partial charge in [0.2, 0.25) is 41.1 Å². The molecule has 0 radical (unpaired) electrons. The number of nitrogens with two attached hydrogens (primary N) is 1. The third kappa shape index (κ3) is 19.6. The molecular weight excluding hydrogens is 1330 g/mol. The van der Waals surface area contributed by atoms with E-state index in [4.69, 9.17) is 32.4 Å². The molecule has 6 atom stereocenters. The Labute approximate surface area is 576 Å². The first-order chi connectivity index (χ1) is 46.7. The van der Waals surface area contributed by atoms with Crippen LogP contribution in [0.3, 0.4) is 0 Å². The van der Waals surface area contributed by atoms with Gasteiger partial charge in [0.25, 0.3) is 10.1 Å². The topological polar surface area (TPSA) is 405 Å². The van der Waals surface area contributed by atoms with Crippen LogP contribution < -0.4 is 37.2 Å². The van der Waals surface area contributed by atoms with Crippen LogP contribution in [0.15, 0.2) is 107 Å². The van der Waals surface area contributed by atoms with Crippen LogP contribution in [0.1, 0.15) is 145 Å². The van der Waals surface area contributed by atoms with Gasteiger partial charge in [-0.1, -0.05) is 95.6 Å². The van der Waals surface area contributed by atoms with E-state index in [2.05, 4.69) is 150 Å². The molecule has 0 aromatic heterocycles. The predicted octanol–water partition coefficient (Wildman–Crippen LogP) is 5.66. The van der Waals surface area contributed by atoms with Gasteiger partial charge >= 0.3 is 27.2 Å². The minimum atomic E-state index is -4.36. The van der Waals surface area contributed by atoms with Crippen LogP contribution in [0.5, 0.6) is 0 Å². The minimum Gasteiger partial charge on any atom is -0.481 e. The molecule has 4 aromatic carbocycles. The summed E-state index contributed by atoms with van der Waals surface area (Å²) in [6.45, 7) is 20.2. The van der Waals surface area contributed by atoms with E-state index < -0.39 is 110 Å². The number of hydrogen-bond acceptors (Lipinski definition) is 17. The van der Waals surface area contributed by atoms with Crippen molar-refractivity contribution in [1.29, 1.82) is 0 Å². The number of benzene rings is 4. The molecule has 532 valence electrons. The SMILES string of the molecule is CC(=O)NC[C@@H]1C[C@@H]2CC[C@H]3C(=O)N[C@@H](CCCN=C(C)N)C(=O)NCC(=O)N[C@@H](CC(=O)O)C(=O)N[C@H]1C(=O)N23.CCCCCC[N+]1=C(C=CC=CC=C2N(CC)c3ccc4c(C)cccc4c3C2(C)C)C(C)(C)c2c1ccc1c(S(=O)(=O)O)cccc21.O=S(=O)=O.O=S(=O)=O.[2H]C. The highest BCUT2D eigenvalue weighted by atomic mass is 32.2. The van der Waals surface area contributed by atoms with Gasteiger partial charge in [-0.15, -0.1) is 25.3 Å². The second kappa shape index (κ2) is 35.0. The van der Waals surface area contributed by atoms with E-state index in [0.717, 1.165) is 42.6 Å². The lowest BCUT2D eigenvalue weighted by atomic mass is 9.79. The van der Waals surface area contributed by atoms with Gasteiger partial charge in [0, 0.05) is 86.2 Å². The number of carboxylic acids is 1. The maximum Gasteiger partial charge on any atom is 0.425 e. The number of nitrogens with zero attached hydrogens (tertiary/aromatic N) is 4. The van der Waals surface area contributed by atoms with Gasteiger partial charge < -0.3 is 47.2 Å². The third-order valence-electron chi connectivity index (χ3n) is 17.9. The largest absolute Gasteiger partial charge is 0.481 e. The van der Waals surface area contributed by atoms with Gasteiger partial charge in [-0.25, -0.2) is 0 Å². The van der Waals surface area contributed by atoms with E-state index in [1.165, 1.54) is 77.1 Å². The van der Waals surface area contributed by atoms with Gasteiger partial charge in [0.05, 0.1) is 24.2 Å². The Hall–Kier alpha value is -9.00. The Morgan fingerprint density at radius 2 is 1.45 bits per heavy atom. The first kappa shape index (κ1) is 78.0. The summed E-state index contributed by atoms with van der Waals surface area (Å²) in [5, 5.41) is 26.0. The third-order valence-corrected chi connectivity index (χ3v) is 18.8. The number of likely N-dealkylation sites (N-methyl/N-ethyl adjacent to an activating group) is 1. The zero-order valence-electron chi connectivity index (χ0n) is 57.8. The van der Waals surface area contributed by atoms with Crippen LogP contribution >= 0.6 is 0 Å². The Bertz CT molecular complexity index is 4190. The number of unbranched alkanes of at least 4 members (excludes halogenated alkanes) is 3. The lowest BCUT2D eigenvalue weighted by Crippen LogP contribution is -2.65. The number of aryl methyl sites for hydroxylation is 1. The molecule has 9 rings (SSSR count). The number of hydrogen-bond donors (Lipinski definition) is 8. The number of amides is 6. The van der Waals surface area contributed by atoms with Crippen molar-refractivity contribution in [1.82, 2.24) is 31.5 Å². The quantitative estimate of drug-likeness (QED) is 0.0149. The summed E-state index contributed by atoms with van der Waals surface area (Å²) >= 11 is 0. The highest BCUT2D eigenvalue weighted by Gasteiger charge is 2.51. The standard InChI is InChI=1S/C42H48N2O3S.C25H38N8O8.CH4.2O3S/c1-8-10-11-15-28-44-35-27-25-31-33(20-17-21-36(31)48(45,46)47)40(35)42(6,7)38(44)23-14-12-13-22-37-41(4,5)39-32-19-16-18-29(3)30(32)24-26-34(39)43(37)9-2;1-12(26)27-7-3-4-16-22(38)29-11-19(35)30-17(9-20(36)37)23(39)32-21-14(10-28-13(2)34)8-15-5-6-18(24(40)31-16)33(15)25(21)41;;2*1-4(2)3/h12-14,16-27H,8-11,15,28H2,1-7H3;14-18,21H,3-11H2,1-2H3,(H2,26,27)(H,28,34)(H,29,38)(H,30,35)(H,31,40)(H,32,39)(H,36,37);1H4;;/p+1/t;14-,15-,16-,17-,18-,21+;;;/m.0.../s1/i;;1D;;. The van der Waals surface area contributed by atoms with E-state index >= 15 is 0 Å². The molecule has 9 N–H and O–H groups in total. The first-order valence-corrected chi connectivity index (χ1v) is 35.4. The highest BCUT2D eigenvalue weighted by Crippen LogP contribution is 2.51. The van der Waals surface area contributed by atoms with Crippen molar-refractivity contribution in [2.75, 3.05) is 37.6 Å². The van der Waals surface area contributed by atoms with Crippen LogP contribution in [0.4, 0.5) is 11.4 Å². The maximum atomic E-state index is 13.8. The number of allylic oxidation sites excluding steroid dienone is 6. The van der Waals surface area contributed by atoms with E-state index in [9.17, 15) is 51.6 Å². The normalized spacial score (nSPS) is 21.6. The second-order valence-corrected chi connectivity index (χ2v) is 27.5. The molecule has 4 aromatic rings. The number of carbonyl (C=O) groups is 7. The van der Waals surface area contributed by atoms with Crippen LogP contribution in [-0.4, -0.2) is 169 Å². The number of fused-ring (bicyclic) bond motifs is 7. The molecular formula is C68H91N10O17S3+. The molecule has 3 saturated heterocycles. The molecule has 5 aliphatic heterocycles. The van der Waals surface area contributed by atoms with Crippen molar-refractivity contribution in [3.05, 3.63) is 113 Å². The molecule has 0 saturated carbocycles. The van der Waals surface area contributed by atoms with Crippen molar-refractivity contribution in [2.45, 2.75) is 180 Å². The summed E-state index contributed by atoms with van der Waals surface area (Å²) in [6.07, 6.45) is 16.5. The molecule has 6 amide bonds. The highest BCUT2D eigenvalue weighted by molar-refractivity contribution is 7.86. The lowest BCUT2D eigenvalue weighted by molar-refractivity contribution is -0.438. The smallest absolute Gasteiger partial charge is 0.425 e. The number of aliphatic imine (C=N–C) groups is 1. The molecule has 5 heterocycles. The van der Waals surface area contributed by atoms with Crippen LogP contribution in [0.25, 0.3) is 21.5 Å². The molecule has 0 aliphatic carbocycles. The lowest BCUT2D eigenvalue weighted by Gasteiger charge is -2.42. The van der Waals surface area contributed by atoms with Gasteiger partial charge in [-0.05, 0) is 125 Å². The number of carbonyl (C=O) groups excluding carboxylic acids is 6. The molecule has 3 fully saturated rings. The summed E-state index contributed by atoms with van der Waals surface area (Å²) in [4.78, 5) is 97.0. The number of anilines is 1. The van der Waals surface area contributed by atoms with E-state index in [1.807, 2.05) is 18.2 Å². The second-order valence-electron chi connectivity index (χ2n) is 25.3.